The van der Waals surface area contributed by atoms with E-state index < -0.39 is 0 Å². The smallest absolute Gasteiger partial charge is 0.225 e. The molecule has 0 aliphatic heterocycles. The van der Waals surface area contributed by atoms with Gasteiger partial charge in [-0.3, -0.25) is 4.98 Å². The van der Waals surface area contributed by atoms with Gasteiger partial charge in [-0.15, -0.1) is 0 Å². The lowest BCUT2D eigenvalue weighted by Gasteiger charge is -2.13. The highest BCUT2D eigenvalue weighted by atomic mass is 15.2. The summed E-state index contributed by atoms with van der Waals surface area (Å²) in [5, 5.41) is 6.62. The Morgan fingerprint density at radius 3 is 2.29 bits per heavy atom. The van der Waals surface area contributed by atoms with Crippen molar-refractivity contribution in [1.82, 2.24) is 15.0 Å². The van der Waals surface area contributed by atoms with E-state index in [9.17, 15) is 0 Å². The fourth-order valence-electron chi connectivity index (χ4n) is 2.29. The molecule has 0 bridgehead atoms. The minimum absolute atomic E-state index is 0.255. The third kappa shape index (κ3) is 4.07. The summed E-state index contributed by atoms with van der Waals surface area (Å²) >= 11 is 0. The second kappa shape index (κ2) is 7.08. The number of aromatic nitrogens is 3. The van der Waals surface area contributed by atoms with Gasteiger partial charge in [0.2, 0.25) is 5.95 Å². The van der Waals surface area contributed by atoms with Crippen molar-refractivity contribution in [1.29, 1.82) is 0 Å². The highest BCUT2D eigenvalue weighted by Crippen LogP contribution is 2.23. The summed E-state index contributed by atoms with van der Waals surface area (Å²) in [5.41, 5.74) is 4.08. The molecule has 0 saturated heterocycles. The van der Waals surface area contributed by atoms with Crippen molar-refractivity contribution in [2.24, 2.45) is 0 Å². The molecule has 1 aromatic carbocycles. The maximum atomic E-state index is 4.61. The number of rotatable bonds is 5. The SMILES string of the molecule is Cc1ccc(Nc2cc(-c3ccncc3)nc(NC(C)C)n2)cc1. The van der Waals surface area contributed by atoms with Gasteiger partial charge in [0, 0.05) is 35.8 Å². The molecule has 0 unspecified atom stereocenters. The molecule has 0 amide bonds. The van der Waals surface area contributed by atoms with Crippen LogP contribution in [0.5, 0.6) is 0 Å². The summed E-state index contributed by atoms with van der Waals surface area (Å²) in [5.74, 6) is 1.36. The molecule has 0 radical (unpaired) electrons. The Hall–Kier alpha value is -2.95. The lowest BCUT2D eigenvalue weighted by molar-refractivity contribution is 0.876. The first-order valence-electron chi connectivity index (χ1n) is 8.00. The Morgan fingerprint density at radius 1 is 0.917 bits per heavy atom. The number of anilines is 3. The molecule has 0 atom stereocenters. The third-order valence-corrected chi connectivity index (χ3v) is 3.44. The Kier molecular flexibility index (Phi) is 4.70. The molecule has 2 N–H and O–H groups in total. The summed E-state index contributed by atoms with van der Waals surface area (Å²) in [6, 6.07) is 14.3. The van der Waals surface area contributed by atoms with Gasteiger partial charge in [-0.2, -0.15) is 4.98 Å². The fourth-order valence-corrected chi connectivity index (χ4v) is 2.29. The van der Waals surface area contributed by atoms with Crippen LogP contribution in [0.4, 0.5) is 17.5 Å². The first-order chi connectivity index (χ1) is 11.6. The Bertz CT molecular complexity index is 798. The van der Waals surface area contributed by atoms with E-state index in [0.717, 1.165) is 22.8 Å². The molecule has 0 aliphatic carbocycles. The van der Waals surface area contributed by atoms with E-state index in [1.165, 1.54) is 5.56 Å². The van der Waals surface area contributed by atoms with Gasteiger partial charge in [0.15, 0.2) is 0 Å². The van der Waals surface area contributed by atoms with Crippen LogP contribution < -0.4 is 10.6 Å². The molecular weight excluding hydrogens is 298 g/mol. The summed E-state index contributed by atoms with van der Waals surface area (Å²) in [6.45, 7) is 6.20. The van der Waals surface area contributed by atoms with Crippen LogP contribution >= 0.6 is 0 Å². The van der Waals surface area contributed by atoms with Crippen molar-refractivity contribution >= 4 is 17.5 Å². The van der Waals surface area contributed by atoms with Crippen molar-refractivity contribution in [3.63, 3.8) is 0 Å². The normalized spacial score (nSPS) is 10.7. The van der Waals surface area contributed by atoms with E-state index in [4.69, 9.17) is 0 Å². The van der Waals surface area contributed by atoms with Gasteiger partial charge in [-0.25, -0.2) is 4.98 Å². The predicted molar refractivity (Wildman–Crippen MR) is 98.5 cm³/mol. The molecule has 0 aliphatic rings. The maximum absolute atomic E-state index is 4.61. The number of hydrogen-bond acceptors (Lipinski definition) is 5. The zero-order valence-corrected chi connectivity index (χ0v) is 14.1. The topological polar surface area (TPSA) is 62.7 Å². The fraction of sp³-hybridized carbons (Fsp3) is 0.211. The van der Waals surface area contributed by atoms with Crippen LogP contribution in [0.1, 0.15) is 19.4 Å². The first kappa shape index (κ1) is 15.9. The Morgan fingerprint density at radius 2 is 1.62 bits per heavy atom. The van der Waals surface area contributed by atoms with Crippen LogP contribution in [0.25, 0.3) is 11.3 Å². The second-order valence-electron chi connectivity index (χ2n) is 5.99. The molecule has 5 heteroatoms. The standard InChI is InChI=1S/C19H21N5/c1-13(2)21-19-23-17(15-8-10-20-11-9-15)12-18(24-19)22-16-6-4-14(3)5-7-16/h4-13H,1-3H3,(H2,21,22,23,24). The monoisotopic (exact) mass is 319 g/mol. The third-order valence-electron chi connectivity index (χ3n) is 3.44. The van der Waals surface area contributed by atoms with Gasteiger partial charge in [0.25, 0.3) is 0 Å². The Labute approximate surface area is 142 Å². The van der Waals surface area contributed by atoms with E-state index in [1.54, 1.807) is 12.4 Å². The largest absolute Gasteiger partial charge is 0.352 e. The Balaban J connectivity index is 1.96. The summed E-state index contributed by atoms with van der Waals surface area (Å²) in [7, 11) is 0. The highest BCUT2D eigenvalue weighted by molar-refractivity contribution is 5.67. The quantitative estimate of drug-likeness (QED) is 0.729. The van der Waals surface area contributed by atoms with E-state index in [-0.39, 0.29) is 6.04 Å². The maximum Gasteiger partial charge on any atom is 0.225 e. The van der Waals surface area contributed by atoms with Crippen LogP contribution in [0, 0.1) is 6.92 Å². The van der Waals surface area contributed by atoms with Crippen molar-refractivity contribution < 1.29 is 0 Å². The lowest BCUT2D eigenvalue weighted by Crippen LogP contribution is -2.13. The summed E-state index contributed by atoms with van der Waals surface area (Å²) in [4.78, 5) is 13.2. The van der Waals surface area contributed by atoms with Gasteiger partial charge in [-0.05, 0) is 45.0 Å². The summed E-state index contributed by atoms with van der Waals surface area (Å²) in [6.07, 6.45) is 3.53. The van der Waals surface area contributed by atoms with Gasteiger partial charge >= 0.3 is 0 Å². The van der Waals surface area contributed by atoms with Crippen molar-refractivity contribution in [2.45, 2.75) is 26.8 Å². The molecule has 2 aromatic heterocycles. The molecular formula is C19H21N5. The average Bonchev–Trinajstić information content (AvgIpc) is 2.57. The van der Waals surface area contributed by atoms with Gasteiger partial charge in [0.1, 0.15) is 5.82 Å². The van der Waals surface area contributed by atoms with Crippen molar-refractivity contribution in [3.8, 4) is 11.3 Å². The van der Waals surface area contributed by atoms with Crippen molar-refractivity contribution in [2.75, 3.05) is 10.6 Å². The number of nitrogens with zero attached hydrogens (tertiary/aromatic N) is 3. The molecule has 0 spiro atoms. The average molecular weight is 319 g/mol. The zero-order valence-electron chi connectivity index (χ0n) is 14.1. The molecule has 3 rings (SSSR count). The van der Waals surface area contributed by atoms with E-state index >= 15 is 0 Å². The zero-order chi connectivity index (χ0) is 16.9. The van der Waals surface area contributed by atoms with Gasteiger partial charge in [-0.1, -0.05) is 17.7 Å². The molecule has 0 saturated carbocycles. The number of aryl methyl sites for hydroxylation is 1. The van der Waals surface area contributed by atoms with Crippen LogP contribution in [0.3, 0.4) is 0 Å². The first-order valence-corrected chi connectivity index (χ1v) is 8.00. The van der Waals surface area contributed by atoms with Gasteiger partial charge < -0.3 is 10.6 Å². The van der Waals surface area contributed by atoms with E-state index in [1.807, 2.05) is 30.3 Å². The minimum atomic E-state index is 0.255. The highest BCUT2D eigenvalue weighted by Gasteiger charge is 2.08. The molecule has 0 fully saturated rings. The number of benzene rings is 1. The van der Waals surface area contributed by atoms with E-state index in [0.29, 0.717) is 5.95 Å². The van der Waals surface area contributed by atoms with Gasteiger partial charge in [0.05, 0.1) is 5.69 Å². The number of hydrogen-bond donors (Lipinski definition) is 2. The molecule has 24 heavy (non-hydrogen) atoms. The number of nitrogens with one attached hydrogen (secondary N) is 2. The van der Waals surface area contributed by atoms with Crippen LogP contribution in [0.2, 0.25) is 0 Å². The van der Waals surface area contributed by atoms with E-state index in [2.05, 4.69) is 58.5 Å². The summed E-state index contributed by atoms with van der Waals surface area (Å²) < 4.78 is 0. The van der Waals surface area contributed by atoms with Crippen LogP contribution in [-0.2, 0) is 0 Å². The minimum Gasteiger partial charge on any atom is -0.352 e. The number of pyridine rings is 1. The lowest BCUT2D eigenvalue weighted by atomic mass is 10.2. The van der Waals surface area contributed by atoms with Crippen LogP contribution in [-0.4, -0.2) is 21.0 Å². The van der Waals surface area contributed by atoms with Crippen LogP contribution in [0.15, 0.2) is 54.9 Å². The molecule has 3 aromatic rings. The molecule has 5 nitrogen and oxygen atoms in total. The molecule has 2 heterocycles. The second-order valence-corrected chi connectivity index (χ2v) is 5.99. The van der Waals surface area contributed by atoms with Crippen molar-refractivity contribution in [3.05, 3.63) is 60.4 Å². The predicted octanol–water partition coefficient (Wildman–Crippen LogP) is 4.41. The molecule has 122 valence electrons.